The Hall–Kier alpha value is -2.93. The molecule has 37 heavy (non-hydrogen) atoms. The molecule has 1 amide bonds. The van der Waals surface area contributed by atoms with Crippen molar-refractivity contribution in [2.75, 3.05) is 6.61 Å². The molecule has 4 aliphatic rings. The van der Waals surface area contributed by atoms with Crippen molar-refractivity contribution >= 4 is 17.6 Å². The van der Waals surface area contributed by atoms with Crippen LogP contribution in [0.5, 0.6) is 0 Å². The Morgan fingerprint density at radius 3 is 2.57 bits per heavy atom. The lowest BCUT2D eigenvalue weighted by Gasteiger charge is -2.58. The van der Waals surface area contributed by atoms with E-state index in [0.717, 1.165) is 38.5 Å². The third-order valence-corrected chi connectivity index (χ3v) is 10.2. The van der Waals surface area contributed by atoms with Crippen LogP contribution in [0, 0.1) is 28.6 Å². The first-order chi connectivity index (χ1) is 17.5. The van der Waals surface area contributed by atoms with Gasteiger partial charge >= 0.3 is 5.97 Å². The van der Waals surface area contributed by atoms with Crippen LogP contribution in [0.1, 0.15) is 70.9 Å². The van der Waals surface area contributed by atoms with E-state index in [-0.39, 0.29) is 17.4 Å². The summed E-state index contributed by atoms with van der Waals surface area (Å²) in [6.07, 6.45) is 12.6. The summed E-state index contributed by atoms with van der Waals surface area (Å²) >= 11 is 0. The Balaban J connectivity index is 1.22. The van der Waals surface area contributed by atoms with Crippen molar-refractivity contribution in [1.82, 2.24) is 5.32 Å². The van der Waals surface area contributed by atoms with E-state index in [4.69, 9.17) is 4.84 Å². The number of amides is 1. The molecule has 1 aromatic rings. The number of nitrogens with zero attached hydrogens (tertiary/aromatic N) is 1. The summed E-state index contributed by atoms with van der Waals surface area (Å²) in [6.45, 7) is 6.32. The number of carbonyl (C=O) groups is 2. The average molecular weight is 507 g/mol. The van der Waals surface area contributed by atoms with E-state index in [0.29, 0.717) is 29.0 Å². The third-order valence-electron chi connectivity index (χ3n) is 10.2. The van der Waals surface area contributed by atoms with E-state index in [1.165, 1.54) is 5.57 Å². The molecule has 0 unspecified atom stereocenters. The Labute approximate surface area is 218 Å². The number of carboxylic acid groups (broad SMARTS) is 1. The van der Waals surface area contributed by atoms with Gasteiger partial charge in [-0.2, -0.15) is 0 Å². The second kappa shape index (κ2) is 9.43. The fourth-order valence-electron chi connectivity index (χ4n) is 7.81. The average Bonchev–Trinajstić information content (AvgIpc) is 3.11. The molecule has 7 atom stereocenters. The standard InChI is InChI=1S/C30H38N2O5/c1-28-14-11-21(32-37-18-25(33)31-26(27(34)35)19-7-5-4-6-8-19)17-20(28)9-10-22-23(28)12-15-29(2)24(22)13-16-30(29,3)36/h4-8,11,14,17,22-24,26,36H,9-10,12-13,15-16,18H2,1-3H3,(H,31,33)(H,34,35)/b32-21-/t22-,23+,24+,26+,28+,29+,30+/m1/s1. The number of oxime groups is 1. The zero-order valence-corrected chi connectivity index (χ0v) is 21.9. The molecule has 5 rings (SSSR count). The summed E-state index contributed by atoms with van der Waals surface area (Å²) in [5.74, 6) is 0.0520. The lowest BCUT2D eigenvalue weighted by atomic mass is 9.47. The number of carboxylic acids is 1. The minimum absolute atomic E-state index is 0.00527. The summed E-state index contributed by atoms with van der Waals surface area (Å²) in [5, 5.41) is 27.3. The van der Waals surface area contributed by atoms with Gasteiger partial charge in [0.2, 0.25) is 0 Å². The predicted molar refractivity (Wildman–Crippen MR) is 141 cm³/mol. The van der Waals surface area contributed by atoms with Gasteiger partial charge in [0.1, 0.15) is 5.71 Å². The minimum Gasteiger partial charge on any atom is -0.479 e. The minimum atomic E-state index is -1.14. The number of fused-ring (bicyclic) bond motifs is 5. The molecular formula is C30H38N2O5. The quantitative estimate of drug-likeness (QED) is 0.481. The van der Waals surface area contributed by atoms with Gasteiger partial charge in [-0.15, -0.1) is 0 Å². The highest BCUT2D eigenvalue weighted by molar-refractivity contribution is 6.05. The van der Waals surface area contributed by atoms with Gasteiger partial charge in [-0.05, 0) is 86.3 Å². The maximum atomic E-state index is 12.4. The second-order valence-electron chi connectivity index (χ2n) is 12.0. The van der Waals surface area contributed by atoms with Gasteiger partial charge in [-0.25, -0.2) is 4.79 Å². The molecule has 3 fully saturated rings. The van der Waals surface area contributed by atoms with Crippen molar-refractivity contribution < 1.29 is 24.6 Å². The van der Waals surface area contributed by atoms with Gasteiger partial charge in [0.05, 0.1) is 5.60 Å². The molecule has 7 nitrogen and oxygen atoms in total. The fourth-order valence-corrected chi connectivity index (χ4v) is 7.81. The zero-order valence-electron chi connectivity index (χ0n) is 21.9. The molecule has 0 aliphatic heterocycles. The number of carbonyl (C=O) groups excluding carboxylic acids is 1. The predicted octanol–water partition coefficient (Wildman–Crippen LogP) is 4.79. The second-order valence-corrected chi connectivity index (χ2v) is 12.0. The van der Waals surface area contributed by atoms with Crippen LogP contribution in [0.2, 0.25) is 0 Å². The Morgan fingerprint density at radius 1 is 1.11 bits per heavy atom. The summed E-state index contributed by atoms with van der Waals surface area (Å²) in [4.78, 5) is 29.3. The molecule has 3 N–H and O–H groups in total. The lowest BCUT2D eigenvalue weighted by molar-refractivity contribution is -0.142. The van der Waals surface area contributed by atoms with Gasteiger partial charge in [-0.3, -0.25) is 4.79 Å². The normalized spacial score (nSPS) is 38.1. The molecule has 0 spiro atoms. The maximum absolute atomic E-state index is 12.4. The van der Waals surface area contributed by atoms with Gasteiger partial charge in [0, 0.05) is 5.41 Å². The van der Waals surface area contributed by atoms with Crippen LogP contribution in [0.15, 0.2) is 59.3 Å². The van der Waals surface area contributed by atoms with Crippen LogP contribution < -0.4 is 5.32 Å². The molecule has 0 heterocycles. The topological polar surface area (TPSA) is 108 Å². The van der Waals surface area contributed by atoms with E-state index in [1.807, 2.05) is 13.0 Å². The lowest BCUT2D eigenvalue weighted by Crippen LogP contribution is -2.53. The number of rotatable bonds is 6. The summed E-state index contributed by atoms with van der Waals surface area (Å²) in [6, 6.07) is 7.43. The highest BCUT2D eigenvalue weighted by Gasteiger charge is 2.61. The van der Waals surface area contributed by atoms with Gasteiger partial charge in [-0.1, -0.05) is 61.0 Å². The Morgan fingerprint density at radius 2 is 1.84 bits per heavy atom. The van der Waals surface area contributed by atoms with E-state index in [9.17, 15) is 19.8 Å². The number of nitrogens with one attached hydrogen (secondary N) is 1. The molecule has 0 aromatic heterocycles. The molecule has 0 saturated heterocycles. The number of benzene rings is 1. The van der Waals surface area contributed by atoms with Gasteiger partial charge < -0.3 is 20.4 Å². The summed E-state index contributed by atoms with van der Waals surface area (Å²) in [5.41, 5.74) is 1.92. The van der Waals surface area contributed by atoms with Gasteiger partial charge in [0.15, 0.2) is 12.6 Å². The highest BCUT2D eigenvalue weighted by Crippen LogP contribution is 2.66. The number of hydrogen-bond acceptors (Lipinski definition) is 5. The first kappa shape index (κ1) is 25.7. The van der Waals surface area contributed by atoms with Crippen molar-refractivity contribution in [3.05, 3.63) is 59.7 Å². The SMILES string of the molecule is C[C@]12C=C/C(=N/OCC(=O)N[C@H](C(=O)O)c3ccccc3)C=C1CC[C@@H]1[C@@H]2CC[C@@]2(C)[C@H]1CC[C@]2(C)O. The fraction of sp³-hybridized carbons (Fsp3) is 0.567. The Bertz CT molecular complexity index is 1160. The molecule has 0 radical (unpaired) electrons. The highest BCUT2D eigenvalue weighted by atomic mass is 16.6. The molecule has 1 aromatic carbocycles. The molecule has 3 saturated carbocycles. The monoisotopic (exact) mass is 506 g/mol. The summed E-state index contributed by atoms with van der Waals surface area (Å²) < 4.78 is 0. The summed E-state index contributed by atoms with van der Waals surface area (Å²) in [7, 11) is 0. The number of hydrogen-bond donors (Lipinski definition) is 3. The van der Waals surface area contributed by atoms with Crippen molar-refractivity contribution in [3.8, 4) is 0 Å². The third kappa shape index (κ3) is 4.41. The van der Waals surface area contributed by atoms with E-state index < -0.39 is 23.5 Å². The number of allylic oxidation sites excluding steroid dienone is 4. The van der Waals surface area contributed by atoms with Crippen LogP contribution in [0.3, 0.4) is 0 Å². The molecule has 7 heteroatoms. The molecule has 0 bridgehead atoms. The largest absolute Gasteiger partial charge is 0.479 e. The van der Waals surface area contributed by atoms with Crippen LogP contribution in [0.4, 0.5) is 0 Å². The number of aliphatic carboxylic acids is 1. The van der Waals surface area contributed by atoms with Crippen LogP contribution >= 0.6 is 0 Å². The van der Waals surface area contributed by atoms with Crippen LogP contribution in [-0.4, -0.2) is 40.0 Å². The number of aliphatic hydroxyl groups is 1. The van der Waals surface area contributed by atoms with Crippen molar-refractivity contribution in [2.24, 2.45) is 33.7 Å². The van der Waals surface area contributed by atoms with Crippen LogP contribution in [-0.2, 0) is 14.4 Å². The smallest absolute Gasteiger partial charge is 0.330 e. The van der Waals surface area contributed by atoms with E-state index >= 15 is 0 Å². The molecular weight excluding hydrogens is 468 g/mol. The first-order valence-corrected chi connectivity index (χ1v) is 13.4. The van der Waals surface area contributed by atoms with Crippen molar-refractivity contribution in [1.29, 1.82) is 0 Å². The molecule has 198 valence electrons. The van der Waals surface area contributed by atoms with Crippen molar-refractivity contribution in [2.45, 2.75) is 70.9 Å². The molecule has 4 aliphatic carbocycles. The van der Waals surface area contributed by atoms with Crippen LogP contribution in [0.25, 0.3) is 0 Å². The zero-order chi connectivity index (χ0) is 26.4. The Kier molecular flexibility index (Phi) is 6.55. The van der Waals surface area contributed by atoms with Gasteiger partial charge in [0.25, 0.3) is 5.91 Å². The first-order valence-electron chi connectivity index (χ1n) is 13.4. The van der Waals surface area contributed by atoms with E-state index in [1.54, 1.807) is 30.3 Å². The van der Waals surface area contributed by atoms with E-state index in [2.05, 4.69) is 36.5 Å². The van der Waals surface area contributed by atoms with Crippen molar-refractivity contribution in [3.63, 3.8) is 0 Å². The maximum Gasteiger partial charge on any atom is 0.330 e.